The third kappa shape index (κ3) is 7.87. The number of sulfonamides is 1. The molecule has 0 fully saturated rings. The van der Waals surface area contributed by atoms with E-state index >= 15 is 0 Å². The van der Waals surface area contributed by atoms with Crippen molar-refractivity contribution in [2.75, 3.05) is 23.1 Å². The van der Waals surface area contributed by atoms with Crippen molar-refractivity contribution >= 4 is 33.4 Å². The molecule has 0 spiro atoms. The van der Waals surface area contributed by atoms with Crippen LogP contribution in [0.15, 0.2) is 71.6 Å². The summed E-state index contributed by atoms with van der Waals surface area (Å²) >= 11 is 1.83. The monoisotopic (exact) mass is 510 g/mol. The van der Waals surface area contributed by atoms with Crippen LogP contribution in [-0.4, -0.2) is 33.2 Å². The molecule has 35 heavy (non-hydrogen) atoms. The number of nitrogens with zero attached hydrogens (tertiary/aromatic N) is 1. The second-order valence-corrected chi connectivity index (χ2v) is 11.9. The minimum atomic E-state index is -3.90. The molecule has 0 aliphatic heterocycles. The molecule has 3 aromatic carbocycles. The largest absolute Gasteiger partial charge is 0.354 e. The van der Waals surface area contributed by atoms with Crippen LogP contribution in [0.2, 0.25) is 0 Å². The van der Waals surface area contributed by atoms with Crippen LogP contribution in [0.4, 0.5) is 5.69 Å². The van der Waals surface area contributed by atoms with Gasteiger partial charge in [-0.15, -0.1) is 0 Å². The maximum Gasteiger partial charge on any atom is 0.264 e. The van der Waals surface area contributed by atoms with Crippen LogP contribution in [0.25, 0.3) is 0 Å². The van der Waals surface area contributed by atoms with E-state index in [1.807, 2.05) is 38.6 Å². The summed E-state index contributed by atoms with van der Waals surface area (Å²) in [6.07, 6.45) is 0.816. The first-order valence-corrected chi connectivity index (χ1v) is 14.3. The molecule has 0 unspecified atom stereocenters. The van der Waals surface area contributed by atoms with E-state index < -0.39 is 10.0 Å². The van der Waals surface area contributed by atoms with Crippen LogP contribution in [0.1, 0.15) is 34.2 Å². The Morgan fingerprint density at radius 3 is 2.20 bits per heavy atom. The normalized spacial score (nSPS) is 11.3. The van der Waals surface area contributed by atoms with E-state index in [0.717, 1.165) is 34.6 Å². The second kappa shape index (κ2) is 12.3. The summed E-state index contributed by atoms with van der Waals surface area (Å²) in [4.78, 5) is 13.0. The number of carbonyl (C=O) groups excluding carboxylic acids is 1. The molecule has 186 valence electrons. The average Bonchev–Trinajstić information content (AvgIpc) is 2.79. The number of carbonyl (C=O) groups is 1. The van der Waals surface area contributed by atoms with Crippen LogP contribution < -0.4 is 9.62 Å². The number of benzene rings is 3. The zero-order chi connectivity index (χ0) is 25.4. The fraction of sp³-hybridized carbons (Fsp3) is 0.321. The SMILES string of the molecule is Cc1ccc(S(=O)(=O)N(CC(=O)NCCCSCc2cccc(C)c2)c2cc(C)cc(C)c2)cc1. The second-order valence-electron chi connectivity index (χ2n) is 8.92. The Labute approximate surface area is 214 Å². The highest BCUT2D eigenvalue weighted by atomic mass is 32.2. The van der Waals surface area contributed by atoms with Crippen molar-refractivity contribution in [3.8, 4) is 0 Å². The lowest BCUT2D eigenvalue weighted by atomic mass is 10.1. The molecule has 7 heteroatoms. The van der Waals surface area contributed by atoms with Crippen molar-refractivity contribution in [1.82, 2.24) is 5.32 Å². The number of hydrogen-bond acceptors (Lipinski definition) is 4. The molecule has 0 atom stereocenters. The molecule has 0 aliphatic rings. The average molecular weight is 511 g/mol. The van der Waals surface area contributed by atoms with Crippen molar-refractivity contribution in [1.29, 1.82) is 0 Å². The molecule has 0 aromatic heterocycles. The lowest BCUT2D eigenvalue weighted by Crippen LogP contribution is -2.41. The molecule has 1 amide bonds. The molecule has 0 saturated carbocycles. The van der Waals surface area contributed by atoms with Crippen LogP contribution >= 0.6 is 11.8 Å². The van der Waals surface area contributed by atoms with Gasteiger partial charge in [-0.25, -0.2) is 8.42 Å². The summed E-state index contributed by atoms with van der Waals surface area (Å²) in [6.45, 7) is 8.07. The van der Waals surface area contributed by atoms with Crippen LogP contribution in [0.3, 0.4) is 0 Å². The van der Waals surface area contributed by atoms with Gasteiger partial charge in [0.25, 0.3) is 10.0 Å². The van der Waals surface area contributed by atoms with Gasteiger partial charge in [-0.05, 0) is 80.8 Å². The predicted molar refractivity (Wildman–Crippen MR) is 147 cm³/mol. The van der Waals surface area contributed by atoms with E-state index in [1.54, 1.807) is 36.4 Å². The predicted octanol–water partition coefficient (Wildman–Crippen LogP) is 5.56. The Balaban J connectivity index is 1.62. The quantitative estimate of drug-likeness (QED) is 0.343. The van der Waals surface area contributed by atoms with Crippen molar-refractivity contribution in [2.45, 2.75) is 44.8 Å². The molecule has 0 radical (unpaired) electrons. The van der Waals surface area contributed by atoms with Gasteiger partial charge in [0.05, 0.1) is 10.6 Å². The number of thioether (sulfide) groups is 1. The Morgan fingerprint density at radius 2 is 1.54 bits per heavy atom. The van der Waals surface area contributed by atoms with Crippen LogP contribution in [0, 0.1) is 27.7 Å². The molecule has 0 bridgehead atoms. The first-order chi connectivity index (χ1) is 16.6. The molecule has 1 N–H and O–H groups in total. The van der Waals surface area contributed by atoms with Gasteiger partial charge >= 0.3 is 0 Å². The summed E-state index contributed by atoms with van der Waals surface area (Å²) in [5, 5.41) is 2.89. The first kappa shape index (κ1) is 26.8. The summed E-state index contributed by atoms with van der Waals surface area (Å²) in [7, 11) is -3.90. The van der Waals surface area contributed by atoms with Crippen molar-refractivity contribution < 1.29 is 13.2 Å². The molecule has 5 nitrogen and oxygen atoms in total. The number of anilines is 1. The fourth-order valence-electron chi connectivity index (χ4n) is 3.83. The summed E-state index contributed by atoms with van der Waals surface area (Å²) < 4.78 is 28.2. The van der Waals surface area contributed by atoms with Gasteiger partial charge in [-0.1, -0.05) is 53.6 Å². The van der Waals surface area contributed by atoms with Crippen molar-refractivity contribution in [2.24, 2.45) is 0 Å². The van der Waals surface area contributed by atoms with Gasteiger partial charge in [-0.2, -0.15) is 11.8 Å². The van der Waals surface area contributed by atoms with Crippen molar-refractivity contribution in [3.63, 3.8) is 0 Å². The fourth-order valence-corrected chi connectivity index (χ4v) is 6.14. The molecule has 0 saturated heterocycles. The van der Waals surface area contributed by atoms with Crippen LogP contribution in [-0.2, 0) is 20.6 Å². The molecular weight excluding hydrogens is 476 g/mol. The van der Waals surface area contributed by atoms with Gasteiger partial charge in [-0.3, -0.25) is 9.10 Å². The Bertz CT molecular complexity index is 1240. The maximum absolute atomic E-state index is 13.5. The highest BCUT2D eigenvalue weighted by molar-refractivity contribution is 7.98. The van der Waals surface area contributed by atoms with E-state index in [9.17, 15) is 13.2 Å². The Hall–Kier alpha value is -2.77. The van der Waals surface area contributed by atoms with Gasteiger partial charge in [0.15, 0.2) is 0 Å². The summed E-state index contributed by atoms with van der Waals surface area (Å²) in [6, 6.07) is 20.7. The highest BCUT2D eigenvalue weighted by Gasteiger charge is 2.27. The van der Waals surface area contributed by atoms with E-state index in [1.165, 1.54) is 15.4 Å². The van der Waals surface area contributed by atoms with E-state index in [2.05, 4.69) is 36.5 Å². The lowest BCUT2D eigenvalue weighted by molar-refractivity contribution is -0.119. The zero-order valence-corrected chi connectivity index (χ0v) is 22.5. The van der Waals surface area contributed by atoms with Gasteiger partial charge in [0.2, 0.25) is 5.91 Å². The third-order valence-electron chi connectivity index (χ3n) is 5.53. The molecule has 3 rings (SSSR count). The highest BCUT2D eigenvalue weighted by Crippen LogP contribution is 2.26. The molecule has 3 aromatic rings. The smallest absolute Gasteiger partial charge is 0.264 e. The molecule has 0 aliphatic carbocycles. The van der Waals surface area contributed by atoms with E-state index in [-0.39, 0.29) is 17.3 Å². The van der Waals surface area contributed by atoms with Crippen molar-refractivity contribution in [3.05, 3.63) is 94.5 Å². The van der Waals surface area contributed by atoms with Gasteiger partial charge in [0.1, 0.15) is 6.54 Å². The number of aryl methyl sites for hydroxylation is 4. The third-order valence-corrected chi connectivity index (χ3v) is 8.43. The number of hydrogen-bond donors (Lipinski definition) is 1. The summed E-state index contributed by atoms with van der Waals surface area (Å²) in [5.74, 6) is 1.53. The first-order valence-electron chi connectivity index (χ1n) is 11.7. The zero-order valence-electron chi connectivity index (χ0n) is 20.9. The lowest BCUT2D eigenvalue weighted by Gasteiger charge is -2.25. The number of amides is 1. The topological polar surface area (TPSA) is 66.5 Å². The molecular formula is C28H34N2O3S2. The van der Waals surface area contributed by atoms with E-state index in [0.29, 0.717) is 12.2 Å². The Kier molecular flexibility index (Phi) is 9.40. The minimum absolute atomic E-state index is 0.169. The minimum Gasteiger partial charge on any atom is -0.354 e. The maximum atomic E-state index is 13.5. The number of nitrogens with one attached hydrogen (secondary N) is 1. The van der Waals surface area contributed by atoms with E-state index in [4.69, 9.17) is 0 Å². The summed E-state index contributed by atoms with van der Waals surface area (Å²) in [5.41, 5.74) is 5.89. The molecule has 0 heterocycles. The van der Waals surface area contributed by atoms with Gasteiger partial charge < -0.3 is 5.32 Å². The Morgan fingerprint density at radius 1 is 0.857 bits per heavy atom. The standard InChI is InChI=1S/C28H34N2O3S2/c1-21-9-11-27(12-10-21)35(32,33)30(26-17-23(3)15-24(4)18-26)19-28(31)29-13-6-14-34-20-25-8-5-7-22(2)16-25/h5,7-12,15-18H,6,13-14,19-20H2,1-4H3,(H,29,31). The van der Waals surface area contributed by atoms with Crippen LogP contribution in [0.5, 0.6) is 0 Å². The number of rotatable bonds is 11. The van der Waals surface area contributed by atoms with Gasteiger partial charge in [0, 0.05) is 12.3 Å².